The van der Waals surface area contributed by atoms with Gasteiger partial charge in [-0.3, -0.25) is 9.59 Å². The molecular weight excluding hydrogens is 312 g/mol. The number of pyridine rings is 1. The minimum absolute atomic E-state index is 0.145. The van der Waals surface area contributed by atoms with E-state index in [1.54, 1.807) is 24.0 Å². The van der Waals surface area contributed by atoms with E-state index < -0.39 is 6.10 Å². The zero-order chi connectivity index (χ0) is 17.1. The van der Waals surface area contributed by atoms with Gasteiger partial charge in [0.15, 0.2) is 0 Å². The molecule has 1 unspecified atom stereocenters. The summed E-state index contributed by atoms with van der Waals surface area (Å²) in [5.74, 6) is 0.742. The summed E-state index contributed by atoms with van der Waals surface area (Å²) in [6.07, 6.45) is 1.03. The van der Waals surface area contributed by atoms with Crippen molar-refractivity contribution in [3.8, 4) is 5.88 Å². The van der Waals surface area contributed by atoms with Gasteiger partial charge < -0.3 is 19.4 Å². The van der Waals surface area contributed by atoms with Crippen molar-refractivity contribution in [2.45, 2.75) is 13.0 Å². The number of ether oxygens (including phenoxy) is 2. The predicted molar refractivity (Wildman–Crippen MR) is 85.0 cm³/mol. The van der Waals surface area contributed by atoms with Gasteiger partial charge >= 0.3 is 0 Å². The topological polar surface area (TPSA) is 97.4 Å². The second-order valence-corrected chi connectivity index (χ2v) is 5.47. The second-order valence-electron chi connectivity index (χ2n) is 5.47. The molecule has 2 aromatic heterocycles. The molecule has 1 fully saturated rings. The maximum Gasteiger partial charge on any atom is 0.255 e. The average molecular weight is 330 g/mol. The van der Waals surface area contributed by atoms with E-state index in [0.717, 1.165) is 0 Å². The van der Waals surface area contributed by atoms with Gasteiger partial charge in [-0.15, -0.1) is 0 Å². The molecule has 0 aliphatic carbocycles. The molecule has 0 radical (unpaired) electrons. The highest BCUT2D eigenvalue weighted by Gasteiger charge is 2.28. The molecule has 3 heterocycles. The highest BCUT2D eigenvalue weighted by molar-refractivity contribution is 5.94. The van der Waals surface area contributed by atoms with Gasteiger partial charge in [-0.1, -0.05) is 0 Å². The molecule has 1 atom stereocenters. The van der Waals surface area contributed by atoms with Crippen LogP contribution in [0, 0.1) is 6.92 Å². The number of methoxy groups -OCH3 is 1. The average Bonchev–Trinajstić information content (AvgIpc) is 2.60. The maximum atomic E-state index is 12.6. The summed E-state index contributed by atoms with van der Waals surface area (Å²) >= 11 is 0. The van der Waals surface area contributed by atoms with Crippen molar-refractivity contribution in [2.24, 2.45) is 0 Å². The molecule has 8 nitrogen and oxygen atoms in total. The Bertz CT molecular complexity index is 787. The van der Waals surface area contributed by atoms with E-state index in [2.05, 4.69) is 15.0 Å². The predicted octanol–water partition coefficient (Wildman–Crippen LogP) is 0.696. The molecule has 0 saturated carbocycles. The standard InChI is InChI=1S/C16H18N4O4/c1-10-7-13(21)19-15(18-10)12-9-20(5-6-24-12)16(22)11-3-4-14(23-2)17-8-11/h3-4,7-8,12H,5-6,9H2,1-2H3,(H,18,19,21). The number of aromatic nitrogens is 3. The van der Waals surface area contributed by atoms with Gasteiger partial charge in [0.05, 0.1) is 25.8 Å². The third-order valence-electron chi connectivity index (χ3n) is 3.74. The van der Waals surface area contributed by atoms with E-state index in [1.165, 1.54) is 19.4 Å². The molecule has 8 heteroatoms. The number of nitrogens with zero attached hydrogens (tertiary/aromatic N) is 3. The molecule has 1 N–H and O–H groups in total. The zero-order valence-electron chi connectivity index (χ0n) is 13.5. The smallest absolute Gasteiger partial charge is 0.255 e. The molecule has 24 heavy (non-hydrogen) atoms. The summed E-state index contributed by atoms with van der Waals surface area (Å²) in [6.45, 7) is 2.90. The number of rotatable bonds is 3. The van der Waals surface area contributed by atoms with Crippen molar-refractivity contribution in [3.05, 3.63) is 51.8 Å². The molecule has 0 bridgehead atoms. The number of hydrogen-bond donors (Lipinski definition) is 1. The van der Waals surface area contributed by atoms with Crippen LogP contribution in [0.3, 0.4) is 0 Å². The first kappa shape index (κ1) is 16.1. The minimum Gasteiger partial charge on any atom is -0.481 e. The van der Waals surface area contributed by atoms with E-state index in [9.17, 15) is 9.59 Å². The third-order valence-corrected chi connectivity index (χ3v) is 3.74. The Morgan fingerprint density at radius 2 is 2.29 bits per heavy atom. The van der Waals surface area contributed by atoms with Gasteiger partial charge in [-0.2, -0.15) is 0 Å². The molecule has 1 amide bonds. The van der Waals surface area contributed by atoms with E-state index in [-0.39, 0.29) is 11.5 Å². The number of nitrogens with one attached hydrogen (secondary N) is 1. The first-order valence-corrected chi connectivity index (χ1v) is 7.55. The van der Waals surface area contributed by atoms with Crippen LogP contribution in [0.5, 0.6) is 5.88 Å². The molecule has 1 aliphatic heterocycles. The molecule has 0 aromatic carbocycles. The van der Waals surface area contributed by atoms with Crippen LogP contribution >= 0.6 is 0 Å². The fourth-order valence-corrected chi connectivity index (χ4v) is 2.56. The molecular formula is C16H18N4O4. The largest absolute Gasteiger partial charge is 0.481 e. The Balaban J connectivity index is 1.77. The highest BCUT2D eigenvalue weighted by atomic mass is 16.5. The van der Waals surface area contributed by atoms with Crippen LogP contribution in [0.2, 0.25) is 0 Å². The minimum atomic E-state index is -0.457. The van der Waals surface area contributed by atoms with Crippen molar-refractivity contribution in [1.82, 2.24) is 19.9 Å². The summed E-state index contributed by atoms with van der Waals surface area (Å²) < 4.78 is 10.7. The summed E-state index contributed by atoms with van der Waals surface area (Å²) in [7, 11) is 1.52. The number of hydrogen-bond acceptors (Lipinski definition) is 6. The normalized spacial score (nSPS) is 17.6. The lowest BCUT2D eigenvalue weighted by molar-refractivity contribution is -0.0269. The summed E-state index contributed by atoms with van der Waals surface area (Å²) in [5.41, 5.74) is 0.853. The Morgan fingerprint density at radius 3 is 2.96 bits per heavy atom. The molecule has 3 rings (SSSR count). The van der Waals surface area contributed by atoms with Gasteiger partial charge in [0.25, 0.3) is 11.5 Å². The summed E-state index contributed by atoms with van der Waals surface area (Å²) in [5, 5.41) is 0. The number of amides is 1. The summed E-state index contributed by atoms with van der Waals surface area (Å²) in [4.78, 5) is 36.9. The highest BCUT2D eigenvalue weighted by Crippen LogP contribution is 2.20. The number of H-pyrrole nitrogens is 1. The number of carbonyl (C=O) groups excluding carboxylic acids is 1. The van der Waals surface area contributed by atoms with E-state index in [1.807, 2.05) is 0 Å². The first-order valence-electron chi connectivity index (χ1n) is 7.55. The Labute approximate surface area is 138 Å². The number of aromatic amines is 1. The molecule has 0 spiro atoms. The van der Waals surface area contributed by atoms with Crippen LogP contribution < -0.4 is 10.3 Å². The lowest BCUT2D eigenvalue weighted by Crippen LogP contribution is -2.43. The van der Waals surface area contributed by atoms with Crippen molar-refractivity contribution in [1.29, 1.82) is 0 Å². The van der Waals surface area contributed by atoms with Gasteiger partial charge in [-0.05, 0) is 13.0 Å². The zero-order valence-corrected chi connectivity index (χ0v) is 13.5. The van der Waals surface area contributed by atoms with Crippen LogP contribution in [0.4, 0.5) is 0 Å². The lowest BCUT2D eigenvalue weighted by Gasteiger charge is -2.32. The fourth-order valence-electron chi connectivity index (χ4n) is 2.56. The van der Waals surface area contributed by atoms with Crippen LogP contribution in [-0.2, 0) is 4.74 Å². The molecule has 1 aliphatic rings. The Morgan fingerprint density at radius 1 is 1.46 bits per heavy atom. The van der Waals surface area contributed by atoms with Crippen molar-refractivity contribution < 1.29 is 14.3 Å². The van der Waals surface area contributed by atoms with Crippen LogP contribution in [0.1, 0.15) is 28.0 Å². The second kappa shape index (κ2) is 6.79. The fraction of sp³-hybridized carbons (Fsp3) is 0.375. The number of carbonyl (C=O) groups is 1. The van der Waals surface area contributed by atoms with E-state index in [0.29, 0.717) is 42.7 Å². The van der Waals surface area contributed by atoms with Gasteiger partial charge in [0.1, 0.15) is 11.9 Å². The Hall–Kier alpha value is -2.74. The molecule has 2 aromatic rings. The van der Waals surface area contributed by atoms with Gasteiger partial charge in [-0.25, -0.2) is 9.97 Å². The monoisotopic (exact) mass is 330 g/mol. The molecule has 1 saturated heterocycles. The quantitative estimate of drug-likeness (QED) is 0.889. The SMILES string of the molecule is COc1ccc(C(=O)N2CCOC(c3nc(C)cc(=O)[nH]3)C2)cn1. The number of morpholine rings is 1. The summed E-state index contributed by atoms with van der Waals surface area (Å²) in [6, 6.07) is 4.73. The maximum absolute atomic E-state index is 12.6. The first-order chi connectivity index (χ1) is 11.6. The van der Waals surface area contributed by atoms with Gasteiger partial charge in [0, 0.05) is 30.6 Å². The van der Waals surface area contributed by atoms with Crippen molar-refractivity contribution >= 4 is 5.91 Å². The van der Waals surface area contributed by atoms with E-state index in [4.69, 9.17) is 9.47 Å². The van der Waals surface area contributed by atoms with Crippen LogP contribution in [0.25, 0.3) is 0 Å². The van der Waals surface area contributed by atoms with Crippen molar-refractivity contribution in [2.75, 3.05) is 26.8 Å². The lowest BCUT2D eigenvalue weighted by atomic mass is 10.2. The van der Waals surface area contributed by atoms with Crippen LogP contribution in [-0.4, -0.2) is 52.6 Å². The third kappa shape index (κ3) is 3.43. The number of aryl methyl sites for hydroxylation is 1. The van der Waals surface area contributed by atoms with Gasteiger partial charge in [0.2, 0.25) is 5.88 Å². The van der Waals surface area contributed by atoms with E-state index >= 15 is 0 Å². The molecule has 126 valence electrons. The van der Waals surface area contributed by atoms with Crippen molar-refractivity contribution in [3.63, 3.8) is 0 Å². The Kier molecular flexibility index (Phi) is 4.57. The van der Waals surface area contributed by atoms with Crippen LogP contribution in [0.15, 0.2) is 29.2 Å².